The quantitative estimate of drug-likeness (QED) is 0.105. The zero-order chi connectivity index (χ0) is 31.5. The van der Waals surface area contributed by atoms with Gasteiger partial charge in [0.25, 0.3) is 0 Å². The molecule has 43 heavy (non-hydrogen) atoms. The molecule has 0 bridgehead atoms. The van der Waals surface area contributed by atoms with Crippen molar-refractivity contribution in [2.24, 2.45) is 16.8 Å². The molecule has 0 spiro atoms. The second kappa shape index (κ2) is 12.9. The van der Waals surface area contributed by atoms with E-state index in [0.717, 1.165) is 45.1 Å². The summed E-state index contributed by atoms with van der Waals surface area (Å²) >= 11 is 0. The third kappa shape index (κ3) is 8.02. The number of anilines is 2. The fourth-order valence-corrected chi connectivity index (χ4v) is 5.53. The molecule has 2 saturated carbocycles. The van der Waals surface area contributed by atoms with Crippen molar-refractivity contribution in [3.63, 3.8) is 0 Å². The molecule has 2 aromatic rings. The van der Waals surface area contributed by atoms with E-state index in [1.807, 2.05) is 0 Å². The smallest absolute Gasteiger partial charge is 0.373 e. The van der Waals surface area contributed by atoms with Crippen LogP contribution < -0.4 is 21.4 Å². The van der Waals surface area contributed by atoms with Gasteiger partial charge in [0.2, 0.25) is 5.96 Å². The van der Waals surface area contributed by atoms with Crippen LogP contribution in [0.25, 0.3) is 0 Å². The molecule has 5 N–H and O–H groups in total. The topological polar surface area (TPSA) is 106 Å². The molecule has 0 aliphatic heterocycles. The molecule has 0 saturated heterocycles. The normalized spacial score (nSPS) is 16.3. The molecule has 0 atom stereocenters. The summed E-state index contributed by atoms with van der Waals surface area (Å²) in [5, 5.41) is 15.4. The maximum atomic E-state index is 13.6. The number of hydrazone groups is 1. The molecule has 2 fully saturated rings. The molecule has 2 aliphatic rings. The largest absolute Gasteiger partial charge is 0.416 e. The molecule has 0 radical (unpaired) electrons. The number of alkyl halides is 6. The number of hydrogen-bond donors (Lipinski definition) is 4. The number of aromatic nitrogens is 1. The Hall–Kier alpha value is -3.71. The Bertz CT molecular complexity index is 1300. The van der Waals surface area contributed by atoms with E-state index in [9.17, 15) is 26.3 Å². The van der Waals surface area contributed by atoms with Gasteiger partial charge < -0.3 is 31.7 Å². The molecule has 1 aromatic carbocycles. The summed E-state index contributed by atoms with van der Waals surface area (Å²) in [5.74, 6) is 1.58. The van der Waals surface area contributed by atoms with Gasteiger partial charge in [0, 0.05) is 56.6 Å². The van der Waals surface area contributed by atoms with Gasteiger partial charge in [-0.25, -0.2) is 4.98 Å². The van der Waals surface area contributed by atoms with E-state index < -0.39 is 23.5 Å². The van der Waals surface area contributed by atoms with Crippen molar-refractivity contribution in [3.8, 4) is 0 Å². The van der Waals surface area contributed by atoms with Crippen molar-refractivity contribution in [3.05, 3.63) is 52.1 Å². The molecular weight excluding hydrogens is 574 g/mol. The molecule has 0 unspecified atom stereocenters. The maximum Gasteiger partial charge on any atom is 0.416 e. The van der Waals surface area contributed by atoms with Crippen molar-refractivity contribution >= 4 is 23.3 Å². The molecule has 4 rings (SSSR count). The zero-order valence-electron chi connectivity index (χ0n) is 24.5. The number of hydrogen-bond acceptors (Lipinski definition) is 6. The van der Waals surface area contributed by atoms with Crippen molar-refractivity contribution in [1.82, 2.24) is 15.3 Å². The average Bonchev–Trinajstić information content (AvgIpc) is 3.59. The van der Waals surface area contributed by atoms with E-state index in [-0.39, 0.29) is 42.4 Å². The first-order chi connectivity index (χ1) is 20.2. The molecule has 1 aromatic heterocycles. The average molecular weight is 613 g/mol. The van der Waals surface area contributed by atoms with Crippen molar-refractivity contribution < 1.29 is 26.3 Å². The maximum absolute atomic E-state index is 13.6. The second-order valence-corrected chi connectivity index (χ2v) is 11.2. The van der Waals surface area contributed by atoms with Crippen LogP contribution in [0.15, 0.2) is 29.4 Å². The molecular formula is C29H38F6N8. The second-order valence-electron chi connectivity index (χ2n) is 11.2. The van der Waals surface area contributed by atoms with Crippen molar-refractivity contribution in [2.45, 2.75) is 76.9 Å². The van der Waals surface area contributed by atoms with Gasteiger partial charge in [-0.2, -0.15) is 26.3 Å². The van der Waals surface area contributed by atoms with Crippen LogP contribution in [0.4, 0.5) is 38.0 Å². The van der Waals surface area contributed by atoms with Crippen molar-refractivity contribution in [2.75, 3.05) is 30.9 Å². The Morgan fingerprint density at radius 1 is 0.977 bits per heavy atom. The molecule has 236 valence electrons. The van der Waals surface area contributed by atoms with Gasteiger partial charge in [-0.05, 0) is 68.4 Å². The summed E-state index contributed by atoms with van der Waals surface area (Å²) in [4.78, 5) is 8.66. The molecule has 14 heteroatoms. The van der Waals surface area contributed by atoms with Gasteiger partial charge in [-0.1, -0.05) is 12.8 Å². The predicted octanol–water partition coefficient (Wildman–Crippen LogP) is 6.16. The number of halogens is 6. The highest BCUT2D eigenvalue weighted by Gasteiger charge is 2.37. The Morgan fingerprint density at radius 3 is 2.07 bits per heavy atom. The summed E-state index contributed by atoms with van der Waals surface area (Å²) in [5.41, 5.74) is 7.18. The molecule has 2 aliphatic carbocycles. The monoisotopic (exact) mass is 612 g/mol. The van der Waals surface area contributed by atoms with Crippen LogP contribution in [0.1, 0.15) is 73.3 Å². The first-order valence-electron chi connectivity index (χ1n) is 14.3. The van der Waals surface area contributed by atoms with Crippen LogP contribution in [-0.4, -0.2) is 48.2 Å². The lowest BCUT2D eigenvalue weighted by Gasteiger charge is -2.34. The minimum Gasteiger partial charge on any atom is -0.373 e. The minimum absolute atomic E-state index is 0.0187. The van der Waals surface area contributed by atoms with Gasteiger partial charge in [-0.15, -0.1) is 5.10 Å². The highest BCUT2D eigenvalue weighted by molar-refractivity contribution is 6.01. The summed E-state index contributed by atoms with van der Waals surface area (Å²) < 4.78 is 81.7. The SMILES string of the molecule is CN/N=C(\N)N(Cc1cc(C(F)(F)F)cc(C(F)(F)F)c1)Cc1cc(C(C)=N)c(NC)nc1N(CC1CC1)C1CCCC1. The molecule has 8 nitrogen and oxygen atoms in total. The van der Waals surface area contributed by atoms with Crippen LogP contribution in [0.5, 0.6) is 0 Å². The first-order valence-corrected chi connectivity index (χ1v) is 14.3. The van der Waals surface area contributed by atoms with Crippen molar-refractivity contribution in [1.29, 1.82) is 5.41 Å². The van der Waals surface area contributed by atoms with Crippen LogP contribution in [0.3, 0.4) is 0 Å². The fraction of sp³-hybridized carbons (Fsp3) is 0.552. The van der Waals surface area contributed by atoms with Gasteiger partial charge in [0.1, 0.15) is 11.6 Å². The van der Waals surface area contributed by atoms with Gasteiger partial charge in [0.15, 0.2) is 0 Å². The van der Waals surface area contributed by atoms with E-state index in [0.29, 0.717) is 40.8 Å². The Labute approximate surface area is 247 Å². The van der Waals surface area contributed by atoms with E-state index in [2.05, 4.69) is 20.7 Å². The van der Waals surface area contributed by atoms with Crippen LogP contribution in [0.2, 0.25) is 0 Å². The highest BCUT2D eigenvalue weighted by Crippen LogP contribution is 2.39. The summed E-state index contributed by atoms with van der Waals surface area (Å²) in [6.07, 6.45) is -3.58. The molecule has 1 heterocycles. The Balaban J connectivity index is 1.82. The van der Waals surface area contributed by atoms with Crippen LogP contribution >= 0.6 is 0 Å². The number of benzene rings is 1. The third-order valence-corrected chi connectivity index (χ3v) is 7.84. The van der Waals surface area contributed by atoms with E-state index >= 15 is 0 Å². The first kappa shape index (κ1) is 32.2. The van der Waals surface area contributed by atoms with E-state index in [4.69, 9.17) is 16.1 Å². The number of nitrogens with zero attached hydrogens (tertiary/aromatic N) is 4. The number of rotatable bonds is 11. The number of pyridine rings is 1. The van der Waals surface area contributed by atoms with E-state index in [1.165, 1.54) is 11.9 Å². The summed E-state index contributed by atoms with van der Waals surface area (Å²) in [7, 11) is 3.20. The Kier molecular flexibility index (Phi) is 9.65. The molecule has 0 amide bonds. The number of nitrogens with two attached hydrogens (primary N) is 1. The third-order valence-electron chi connectivity index (χ3n) is 7.84. The predicted molar refractivity (Wildman–Crippen MR) is 155 cm³/mol. The van der Waals surface area contributed by atoms with Gasteiger partial charge in [-0.3, -0.25) is 0 Å². The van der Waals surface area contributed by atoms with Crippen LogP contribution in [-0.2, 0) is 25.4 Å². The van der Waals surface area contributed by atoms with Gasteiger partial charge in [0.05, 0.1) is 11.1 Å². The Morgan fingerprint density at radius 2 is 1.58 bits per heavy atom. The highest BCUT2D eigenvalue weighted by atomic mass is 19.4. The lowest BCUT2D eigenvalue weighted by molar-refractivity contribution is -0.143. The lowest BCUT2D eigenvalue weighted by Crippen LogP contribution is -2.40. The summed E-state index contributed by atoms with van der Waals surface area (Å²) in [6, 6.07) is 3.55. The van der Waals surface area contributed by atoms with Gasteiger partial charge >= 0.3 is 12.4 Å². The fourth-order valence-electron chi connectivity index (χ4n) is 5.53. The van der Waals surface area contributed by atoms with E-state index in [1.54, 1.807) is 20.0 Å². The lowest BCUT2D eigenvalue weighted by atomic mass is 10.0. The zero-order valence-corrected chi connectivity index (χ0v) is 24.5. The summed E-state index contributed by atoms with van der Waals surface area (Å²) in [6.45, 7) is 2.01. The number of nitrogens with one attached hydrogen (secondary N) is 3. The number of guanidine groups is 1. The van der Waals surface area contributed by atoms with Crippen LogP contribution in [0, 0.1) is 11.3 Å². The standard InChI is InChI=1S/C29H38F6N8/c1-17(36)24-12-20(26(40-25(24)38-2)43(15-18-8-9-18)23-6-4-5-7-23)16-42(27(37)41-39-3)14-19-10-21(28(30,31)32)13-22(11-19)29(33,34)35/h10-13,18,23,36,39H,4-9,14-16H2,1-3H3,(H2,37,41)(H,38,40). The minimum atomic E-state index is -4.98.